The van der Waals surface area contributed by atoms with E-state index in [-0.39, 0.29) is 5.82 Å². The van der Waals surface area contributed by atoms with E-state index in [4.69, 9.17) is 11.6 Å². The van der Waals surface area contributed by atoms with Gasteiger partial charge in [-0.25, -0.2) is 9.37 Å². The fourth-order valence-electron chi connectivity index (χ4n) is 2.09. The summed E-state index contributed by atoms with van der Waals surface area (Å²) in [6.45, 7) is 1.85. The molecule has 0 saturated heterocycles. The maximum absolute atomic E-state index is 12.9. The average molecular weight is 387 g/mol. The molecule has 1 N–H and O–H groups in total. The van der Waals surface area contributed by atoms with Gasteiger partial charge in [0.25, 0.3) is 0 Å². The minimum Gasteiger partial charge on any atom is -0.362 e. The molecule has 0 bridgehead atoms. The predicted octanol–water partition coefficient (Wildman–Crippen LogP) is 5.35. The second-order valence-electron chi connectivity index (χ2n) is 5.46. The lowest BCUT2D eigenvalue weighted by atomic mass is 10.2. The van der Waals surface area contributed by atoms with Gasteiger partial charge in [-0.1, -0.05) is 35.5 Å². The van der Waals surface area contributed by atoms with Gasteiger partial charge in [-0.2, -0.15) is 5.10 Å². The smallest absolute Gasteiger partial charge is 0.209 e. The summed E-state index contributed by atoms with van der Waals surface area (Å²) in [6.07, 6.45) is 3.57. The first-order chi connectivity index (χ1) is 12.6. The zero-order valence-electron chi connectivity index (χ0n) is 14.0. The van der Waals surface area contributed by atoms with Gasteiger partial charge in [0.1, 0.15) is 5.82 Å². The molecule has 26 heavy (non-hydrogen) atoms. The lowest BCUT2D eigenvalue weighted by Gasteiger charge is -2.04. The normalized spacial score (nSPS) is 11.0. The standard InChI is InChI=1S/C19H16ClFN4S/c1-13-18(10-11-22-17-8-6-16(21)7-9-17)23-19(25-24-13)26-12-14-2-4-15(20)5-3-14/h2-11,22H,12H2,1H3. The van der Waals surface area contributed by atoms with Crippen LogP contribution < -0.4 is 5.32 Å². The first kappa shape index (κ1) is 18.4. The molecule has 7 heteroatoms. The van der Waals surface area contributed by atoms with E-state index in [9.17, 15) is 4.39 Å². The van der Waals surface area contributed by atoms with Gasteiger partial charge in [0.2, 0.25) is 5.16 Å². The van der Waals surface area contributed by atoms with E-state index in [0.717, 1.165) is 28.4 Å². The zero-order chi connectivity index (χ0) is 18.4. The highest BCUT2D eigenvalue weighted by Gasteiger charge is 2.05. The van der Waals surface area contributed by atoms with E-state index < -0.39 is 0 Å². The van der Waals surface area contributed by atoms with Crippen LogP contribution in [0.15, 0.2) is 59.9 Å². The van der Waals surface area contributed by atoms with Crippen molar-refractivity contribution in [2.75, 3.05) is 5.32 Å². The molecule has 1 aromatic heterocycles. The van der Waals surface area contributed by atoms with Crippen LogP contribution in [0.25, 0.3) is 6.08 Å². The third-order valence-electron chi connectivity index (χ3n) is 3.49. The van der Waals surface area contributed by atoms with E-state index in [2.05, 4.69) is 20.5 Å². The van der Waals surface area contributed by atoms with Crippen LogP contribution in [-0.4, -0.2) is 15.2 Å². The number of nitrogens with one attached hydrogen (secondary N) is 1. The van der Waals surface area contributed by atoms with Gasteiger partial charge in [0.15, 0.2) is 0 Å². The minimum atomic E-state index is -0.266. The number of aromatic nitrogens is 3. The van der Waals surface area contributed by atoms with Crippen molar-refractivity contribution in [2.45, 2.75) is 17.8 Å². The summed E-state index contributed by atoms with van der Waals surface area (Å²) in [5, 5.41) is 12.7. The van der Waals surface area contributed by atoms with Crippen molar-refractivity contribution in [1.29, 1.82) is 0 Å². The van der Waals surface area contributed by atoms with Crippen LogP contribution in [0, 0.1) is 12.7 Å². The maximum atomic E-state index is 12.9. The Morgan fingerprint density at radius 1 is 1.08 bits per heavy atom. The van der Waals surface area contributed by atoms with Crippen molar-refractivity contribution in [2.24, 2.45) is 0 Å². The minimum absolute atomic E-state index is 0.266. The number of rotatable bonds is 6. The Morgan fingerprint density at radius 3 is 2.54 bits per heavy atom. The Kier molecular flexibility index (Phi) is 6.20. The molecule has 3 aromatic rings. The van der Waals surface area contributed by atoms with Gasteiger partial charge in [0.05, 0.1) is 11.4 Å². The zero-order valence-corrected chi connectivity index (χ0v) is 15.6. The molecule has 0 unspecified atom stereocenters. The van der Waals surface area contributed by atoms with Crippen LogP contribution in [0.4, 0.5) is 10.1 Å². The van der Waals surface area contributed by atoms with E-state index in [1.165, 1.54) is 23.9 Å². The van der Waals surface area contributed by atoms with Gasteiger partial charge in [-0.05, 0) is 55.0 Å². The van der Waals surface area contributed by atoms with Crippen molar-refractivity contribution in [3.63, 3.8) is 0 Å². The number of anilines is 1. The SMILES string of the molecule is Cc1nnc(SCc2ccc(Cl)cc2)nc1C=CNc1ccc(F)cc1. The molecule has 0 aliphatic carbocycles. The number of halogens is 2. The number of thioether (sulfide) groups is 1. The van der Waals surface area contributed by atoms with Crippen molar-refractivity contribution in [1.82, 2.24) is 15.2 Å². The Hall–Kier alpha value is -2.44. The highest BCUT2D eigenvalue weighted by molar-refractivity contribution is 7.98. The summed E-state index contributed by atoms with van der Waals surface area (Å²) >= 11 is 7.40. The van der Waals surface area contributed by atoms with Crippen LogP contribution in [0.5, 0.6) is 0 Å². The van der Waals surface area contributed by atoms with Crippen molar-refractivity contribution < 1.29 is 4.39 Å². The van der Waals surface area contributed by atoms with Crippen LogP contribution in [-0.2, 0) is 5.75 Å². The predicted molar refractivity (Wildman–Crippen MR) is 105 cm³/mol. The number of benzene rings is 2. The molecule has 4 nitrogen and oxygen atoms in total. The Bertz CT molecular complexity index is 898. The summed E-state index contributed by atoms with van der Waals surface area (Å²) < 4.78 is 12.9. The number of aryl methyl sites for hydroxylation is 1. The molecule has 132 valence electrons. The maximum Gasteiger partial charge on any atom is 0.209 e. The van der Waals surface area contributed by atoms with Gasteiger partial charge in [0, 0.05) is 22.7 Å². The molecule has 0 fully saturated rings. The summed E-state index contributed by atoms with van der Waals surface area (Å²) in [4.78, 5) is 4.53. The van der Waals surface area contributed by atoms with E-state index in [1.54, 1.807) is 18.3 Å². The number of hydrogen-bond acceptors (Lipinski definition) is 5. The second-order valence-corrected chi connectivity index (χ2v) is 6.84. The molecule has 0 saturated carbocycles. The molecule has 0 radical (unpaired) electrons. The molecule has 2 aromatic carbocycles. The summed E-state index contributed by atoms with van der Waals surface area (Å²) in [5.41, 5.74) is 3.39. The van der Waals surface area contributed by atoms with E-state index in [0.29, 0.717) is 10.2 Å². The summed E-state index contributed by atoms with van der Waals surface area (Å²) in [5.74, 6) is 0.469. The molecular weight excluding hydrogens is 371 g/mol. The number of hydrogen-bond donors (Lipinski definition) is 1. The van der Waals surface area contributed by atoms with E-state index in [1.807, 2.05) is 37.3 Å². The molecule has 0 aliphatic heterocycles. The van der Waals surface area contributed by atoms with Crippen molar-refractivity contribution in [3.05, 3.63) is 82.5 Å². The van der Waals surface area contributed by atoms with Gasteiger partial charge >= 0.3 is 0 Å². The van der Waals surface area contributed by atoms with Crippen LogP contribution in [0.1, 0.15) is 17.0 Å². The molecular formula is C19H16ClFN4S. The van der Waals surface area contributed by atoms with Crippen LogP contribution in [0.3, 0.4) is 0 Å². The molecule has 1 heterocycles. The molecule has 0 spiro atoms. The molecule has 0 atom stereocenters. The van der Waals surface area contributed by atoms with Crippen molar-refractivity contribution in [3.8, 4) is 0 Å². The first-order valence-corrected chi connectivity index (χ1v) is 9.24. The van der Waals surface area contributed by atoms with Gasteiger partial charge < -0.3 is 5.32 Å². The van der Waals surface area contributed by atoms with Gasteiger partial charge in [-0.3, -0.25) is 0 Å². The topological polar surface area (TPSA) is 50.7 Å². The Labute approximate surface area is 160 Å². The lowest BCUT2D eigenvalue weighted by Crippen LogP contribution is -1.99. The second kappa shape index (κ2) is 8.78. The average Bonchev–Trinajstić information content (AvgIpc) is 2.65. The van der Waals surface area contributed by atoms with Gasteiger partial charge in [-0.15, -0.1) is 5.10 Å². The Balaban J connectivity index is 1.64. The molecule has 0 aliphatic rings. The highest BCUT2D eigenvalue weighted by atomic mass is 35.5. The number of nitrogens with zero attached hydrogens (tertiary/aromatic N) is 3. The molecule has 0 amide bonds. The lowest BCUT2D eigenvalue weighted by molar-refractivity contribution is 0.628. The fraction of sp³-hybridized carbons (Fsp3) is 0.105. The first-order valence-electron chi connectivity index (χ1n) is 7.87. The quantitative estimate of drug-likeness (QED) is 0.579. The fourth-order valence-corrected chi connectivity index (χ4v) is 2.96. The van der Waals surface area contributed by atoms with Crippen molar-refractivity contribution >= 4 is 35.1 Å². The molecule has 3 rings (SSSR count). The summed E-state index contributed by atoms with van der Waals surface area (Å²) in [6, 6.07) is 13.8. The van der Waals surface area contributed by atoms with Crippen LogP contribution >= 0.6 is 23.4 Å². The monoisotopic (exact) mass is 386 g/mol. The van der Waals surface area contributed by atoms with E-state index >= 15 is 0 Å². The summed E-state index contributed by atoms with van der Waals surface area (Å²) in [7, 11) is 0. The highest BCUT2D eigenvalue weighted by Crippen LogP contribution is 2.21. The third kappa shape index (κ3) is 5.28. The van der Waals surface area contributed by atoms with Crippen LogP contribution in [0.2, 0.25) is 5.02 Å². The largest absolute Gasteiger partial charge is 0.362 e. The Morgan fingerprint density at radius 2 is 1.81 bits per heavy atom. The third-order valence-corrected chi connectivity index (χ3v) is 4.65.